The Hall–Kier alpha value is -3.32. The molecule has 0 aliphatic carbocycles. The lowest BCUT2D eigenvalue weighted by Crippen LogP contribution is -2.50. The first-order chi connectivity index (χ1) is 17.5. The molecule has 0 aromatic heterocycles. The normalized spacial score (nSPS) is 11.4. The summed E-state index contributed by atoms with van der Waals surface area (Å²) in [6.07, 6.45) is 1.25. The number of hydrogen-bond donors (Lipinski definition) is 1. The SMILES string of the molecule is CCNC(=O)[C@@H](Cc1ccccc1)N(Cc1cccc(Br)c1)C(=O)CCCOc1ccc(OC)cc1. The van der Waals surface area contributed by atoms with Gasteiger partial charge in [-0.25, -0.2) is 0 Å². The molecule has 0 radical (unpaired) electrons. The molecule has 0 unspecified atom stereocenters. The largest absolute Gasteiger partial charge is 0.497 e. The van der Waals surface area contributed by atoms with Crippen molar-refractivity contribution in [3.8, 4) is 11.5 Å². The molecule has 0 bridgehead atoms. The zero-order valence-electron chi connectivity index (χ0n) is 20.8. The highest BCUT2D eigenvalue weighted by Crippen LogP contribution is 2.20. The Bertz CT molecular complexity index is 1110. The molecule has 3 aromatic rings. The van der Waals surface area contributed by atoms with E-state index in [9.17, 15) is 9.59 Å². The van der Waals surface area contributed by atoms with Crippen LogP contribution < -0.4 is 14.8 Å². The summed E-state index contributed by atoms with van der Waals surface area (Å²) in [6.45, 7) is 3.12. The Labute approximate surface area is 221 Å². The van der Waals surface area contributed by atoms with Crippen LogP contribution in [-0.2, 0) is 22.6 Å². The molecule has 0 aliphatic rings. The number of hydrogen-bond acceptors (Lipinski definition) is 4. The van der Waals surface area contributed by atoms with Gasteiger partial charge in [0.05, 0.1) is 13.7 Å². The Morgan fingerprint density at radius 3 is 2.31 bits per heavy atom. The van der Waals surface area contributed by atoms with Gasteiger partial charge in [-0.05, 0) is 60.9 Å². The highest BCUT2D eigenvalue weighted by atomic mass is 79.9. The summed E-state index contributed by atoms with van der Waals surface area (Å²) in [5, 5.41) is 2.92. The van der Waals surface area contributed by atoms with Crippen LogP contribution in [0.3, 0.4) is 0 Å². The highest BCUT2D eigenvalue weighted by molar-refractivity contribution is 9.10. The topological polar surface area (TPSA) is 67.9 Å². The van der Waals surface area contributed by atoms with Gasteiger partial charge in [0.25, 0.3) is 0 Å². The molecule has 3 aromatic carbocycles. The minimum atomic E-state index is -0.624. The first-order valence-corrected chi connectivity index (χ1v) is 12.9. The van der Waals surface area contributed by atoms with Crippen LogP contribution in [0.1, 0.15) is 30.9 Å². The lowest BCUT2D eigenvalue weighted by Gasteiger charge is -2.31. The molecule has 0 spiro atoms. The lowest BCUT2D eigenvalue weighted by atomic mass is 10.0. The number of ether oxygens (including phenoxy) is 2. The Kier molecular flexibility index (Phi) is 10.8. The number of methoxy groups -OCH3 is 1. The molecule has 0 saturated carbocycles. The van der Waals surface area contributed by atoms with E-state index >= 15 is 0 Å². The number of halogens is 1. The third-order valence-corrected chi connectivity index (χ3v) is 6.22. The summed E-state index contributed by atoms with van der Waals surface area (Å²) in [5.74, 6) is 1.24. The first kappa shape index (κ1) is 27.3. The van der Waals surface area contributed by atoms with Gasteiger partial charge in [0.1, 0.15) is 17.5 Å². The van der Waals surface area contributed by atoms with E-state index in [2.05, 4.69) is 21.2 Å². The Morgan fingerprint density at radius 2 is 1.64 bits per heavy atom. The van der Waals surface area contributed by atoms with Crippen molar-refractivity contribution in [1.82, 2.24) is 10.2 Å². The van der Waals surface area contributed by atoms with Gasteiger partial charge in [-0.3, -0.25) is 9.59 Å². The van der Waals surface area contributed by atoms with Crippen molar-refractivity contribution in [1.29, 1.82) is 0 Å². The van der Waals surface area contributed by atoms with E-state index in [4.69, 9.17) is 9.47 Å². The monoisotopic (exact) mass is 552 g/mol. The number of nitrogens with one attached hydrogen (secondary N) is 1. The molecule has 36 heavy (non-hydrogen) atoms. The minimum Gasteiger partial charge on any atom is -0.497 e. The fraction of sp³-hybridized carbons (Fsp3) is 0.310. The summed E-state index contributed by atoms with van der Waals surface area (Å²) >= 11 is 3.51. The van der Waals surface area contributed by atoms with Gasteiger partial charge in [-0.2, -0.15) is 0 Å². The number of rotatable bonds is 13. The minimum absolute atomic E-state index is 0.0829. The second-order valence-electron chi connectivity index (χ2n) is 8.38. The zero-order chi connectivity index (χ0) is 25.8. The average molecular weight is 553 g/mol. The van der Waals surface area contributed by atoms with E-state index in [1.165, 1.54) is 0 Å². The van der Waals surface area contributed by atoms with E-state index < -0.39 is 6.04 Å². The van der Waals surface area contributed by atoms with Gasteiger partial charge in [0.2, 0.25) is 11.8 Å². The molecule has 0 heterocycles. The molecular weight excluding hydrogens is 520 g/mol. The molecule has 1 N–H and O–H groups in total. The maximum atomic E-state index is 13.5. The molecular formula is C29H33BrN2O4. The number of nitrogens with zero attached hydrogens (tertiary/aromatic N) is 1. The summed E-state index contributed by atoms with van der Waals surface area (Å²) in [6, 6.07) is 24.3. The maximum Gasteiger partial charge on any atom is 0.243 e. The summed E-state index contributed by atoms with van der Waals surface area (Å²) in [4.78, 5) is 28.4. The van der Waals surface area contributed by atoms with Crippen LogP contribution in [0.15, 0.2) is 83.3 Å². The van der Waals surface area contributed by atoms with Crippen LogP contribution in [0, 0.1) is 0 Å². The highest BCUT2D eigenvalue weighted by Gasteiger charge is 2.29. The molecule has 1 atom stereocenters. The zero-order valence-corrected chi connectivity index (χ0v) is 22.4. The van der Waals surface area contributed by atoms with Crippen LogP contribution in [-0.4, -0.2) is 43.0 Å². The number of carbonyl (C=O) groups is 2. The lowest BCUT2D eigenvalue weighted by molar-refractivity contribution is -0.141. The van der Waals surface area contributed by atoms with Crippen molar-refractivity contribution in [3.63, 3.8) is 0 Å². The third kappa shape index (κ3) is 8.41. The molecule has 0 fully saturated rings. The van der Waals surface area contributed by atoms with E-state index in [0.717, 1.165) is 27.1 Å². The van der Waals surface area contributed by atoms with Crippen molar-refractivity contribution < 1.29 is 19.1 Å². The second kappa shape index (κ2) is 14.3. The predicted octanol–water partition coefficient (Wildman–Crippen LogP) is 5.39. The van der Waals surface area contributed by atoms with Crippen LogP contribution in [0.5, 0.6) is 11.5 Å². The fourth-order valence-electron chi connectivity index (χ4n) is 3.91. The van der Waals surface area contributed by atoms with Crippen molar-refractivity contribution in [2.24, 2.45) is 0 Å². The Balaban J connectivity index is 1.74. The predicted molar refractivity (Wildman–Crippen MR) is 145 cm³/mol. The van der Waals surface area contributed by atoms with Crippen LogP contribution in [0.2, 0.25) is 0 Å². The quantitative estimate of drug-likeness (QED) is 0.288. The standard InChI is InChI=1S/C29H33BrN2O4/c1-3-31-29(34)27(20-22-9-5-4-6-10-22)32(21-23-11-7-12-24(30)19-23)28(33)13-8-18-36-26-16-14-25(35-2)15-17-26/h4-7,9-12,14-17,19,27H,3,8,13,18,20-21H2,1-2H3,(H,31,34)/t27-/m1/s1. The van der Waals surface area contributed by atoms with E-state index in [0.29, 0.717) is 32.5 Å². The van der Waals surface area contributed by atoms with Gasteiger partial charge in [-0.15, -0.1) is 0 Å². The molecule has 6 nitrogen and oxygen atoms in total. The molecule has 3 rings (SSSR count). The maximum absolute atomic E-state index is 13.5. The van der Waals surface area contributed by atoms with Crippen LogP contribution in [0.4, 0.5) is 0 Å². The fourth-order valence-corrected chi connectivity index (χ4v) is 4.35. The number of amides is 2. The number of likely N-dealkylation sites (N-methyl/N-ethyl adjacent to an activating group) is 1. The van der Waals surface area contributed by atoms with Crippen molar-refractivity contribution in [2.75, 3.05) is 20.3 Å². The van der Waals surface area contributed by atoms with Gasteiger partial charge in [0.15, 0.2) is 0 Å². The first-order valence-electron chi connectivity index (χ1n) is 12.1. The smallest absolute Gasteiger partial charge is 0.243 e. The average Bonchev–Trinajstić information content (AvgIpc) is 2.89. The van der Waals surface area contributed by atoms with Crippen LogP contribution in [0.25, 0.3) is 0 Å². The molecule has 190 valence electrons. The van der Waals surface area contributed by atoms with Gasteiger partial charge in [0, 0.05) is 30.4 Å². The van der Waals surface area contributed by atoms with Crippen LogP contribution >= 0.6 is 15.9 Å². The van der Waals surface area contributed by atoms with E-state index in [1.807, 2.05) is 85.8 Å². The third-order valence-electron chi connectivity index (χ3n) is 5.73. The molecule has 0 saturated heterocycles. The number of benzene rings is 3. The Morgan fingerprint density at radius 1 is 0.944 bits per heavy atom. The summed E-state index contributed by atoms with van der Waals surface area (Å²) < 4.78 is 11.9. The van der Waals surface area contributed by atoms with Crippen molar-refractivity contribution in [3.05, 3.63) is 94.5 Å². The number of carbonyl (C=O) groups excluding carboxylic acids is 2. The van der Waals surface area contributed by atoms with Gasteiger partial charge in [-0.1, -0.05) is 58.4 Å². The molecule has 2 amide bonds. The molecule has 7 heteroatoms. The van der Waals surface area contributed by atoms with Crippen molar-refractivity contribution >= 4 is 27.7 Å². The van der Waals surface area contributed by atoms with E-state index in [-0.39, 0.29) is 18.2 Å². The molecule has 0 aliphatic heterocycles. The van der Waals surface area contributed by atoms with E-state index in [1.54, 1.807) is 12.0 Å². The van der Waals surface area contributed by atoms with Gasteiger partial charge < -0.3 is 19.7 Å². The second-order valence-corrected chi connectivity index (χ2v) is 9.29. The summed E-state index contributed by atoms with van der Waals surface area (Å²) in [5.41, 5.74) is 1.96. The van der Waals surface area contributed by atoms with Gasteiger partial charge >= 0.3 is 0 Å². The van der Waals surface area contributed by atoms with Crippen molar-refractivity contribution in [2.45, 2.75) is 38.8 Å². The summed E-state index contributed by atoms with van der Waals surface area (Å²) in [7, 11) is 1.62.